The van der Waals surface area contributed by atoms with Crippen LogP contribution in [0.15, 0.2) is 24.3 Å². The van der Waals surface area contributed by atoms with Crippen molar-refractivity contribution in [1.29, 1.82) is 0 Å². The van der Waals surface area contributed by atoms with Crippen molar-refractivity contribution in [3.8, 4) is 17.6 Å². The van der Waals surface area contributed by atoms with E-state index in [0.29, 0.717) is 5.75 Å². The Morgan fingerprint density at radius 1 is 1.33 bits per heavy atom. The van der Waals surface area contributed by atoms with E-state index in [9.17, 15) is 9.59 Å². The fraction of sp³-hybridized carbons (Fsp3) is 0.375. The molecular formula is C16H17NO4. The third-order valence-electron chi connectivity index (χ3n) is 3.22. The van der Waals surface area contributed by atoms with Gasteiger partial charge in [0, 0.05) is 17.9 Å². The van der Waals surface area contributed by atoms with Gasteiger partial charge in [-0.05, 0) is 24.3 Å². The van der Waals surface area contributed by atoms with Gasteiger partial charge in [-0.2, -0.15) is 0 Å². The fourth-order valence-electron chi connectivity index (χ4n) is 2.11. The van der Waals surface area contributed by atoms with Crippen molar-refractivity contribution in [3.63, 3.8) is 0 Å². The Kier molecular flexibility index (Phi) is 4.96. The van der Waals surface area contributed by atoms with Crippen molar-refractivity contribution >= 4 is 11.8 Å². The van der Waals surface area contributed by atoms with Gasteiger partial charge in [-0.25, -0.2) is 0 Å². The zero-order chi connectivity index (χ0) is 15.2. The topological polar surface area (TPSA) is 66.8 Å². The summed E-state index contributed by atoms with van der Waals surface area (Å²) in [4.78, 5) is 24.6. The lowest BCUT2D eigenvalue weighted by Gasteiger charge is -2.14. The van der Waals surface area contributed by atoms with Crippen molar-refractivity contribution in [2.45, 2.75) is 13.3 Å². The van der Waals surface area contributed by atoms with Gasteiger partial charge in [-0.15, -0.1) is 0 Å². The molecule has 1 N–H and O–H groups in total. The zero-order valence-electron chi connectivity index (χ0n) is 11.8. The SMILES string of the molecule is CC1CC(=O)N(CCOc2ccc(C#CCO)cc2)C1=O. The minimum absolute atomic E-state index is 0.127. The lowest BCUT2D eigenvalue weighted by molar-refractivity contribution is -0.139. The van der Waals surface area contributed by atoms with E-state index in [1.165, 1.54) is 4.90 Å². The van der Waals surface area contributed by atoms with Crippen molar-refractivity contribution < 1.29 is 19.4 Å². The summed E-state index contributed by atoms with van der Waals surface area (Å²) in [5.74, 6) is 5.52. The average Bonchev–Trinajstić information content (AvgIpc) is 2.72. The van der Waals surface area contributed by atoms with Crippen molar-refractivity contribution in [2.75, 3.05) is 19.8 Å². The number of amides is 2. The van der Waals surface area contributed by atoms with Gasteiger partial charge in [0.05, 0.1) is 6.54 Å². The van der Waals surface area contributed by atoms with E-state index in [-0.39, 0.29) is 43.9 Å². The number of hydrogen-bond donors (Lipinski definition) is 1. The average molecular weight is 287 g/mol. The van der Waals surface area contributed by atoms with Crippen LogP contribution in [0.25, 0.3) is 0 Å². The normalized spacial score (nSPS) is 17.6. The summed E-state index contributed by atoms with van der Waals surface area (Å²) in [5.41, 5.74) is 0.787. The predicted octanol–water partition coefficient (Wildman–Crippen LogP) is 0.804. The Bertz CT molecular complexity index is 583. The van der Waals surface area contributed by atoms with Gasteiger partial charge in [-0.3, -0.25) is 14.5 Å². The number of benzene rings is 1. The van der Waals surface area contributed by atoms with Crippen LogP contribution < -0.4 is 4.74 Å². The third kappa shape index (κ3) is 3.83. The second-order valence-electron chi connectivity index (χ2n) is 4.82. The summed E-state index contributed by atoms with van der Waals surface area (Å²) in [7, 11) is 0. The van der Waals surface area contributed by atoms with Crippen LogP contribution in [-0.4, -0.2) is 41.6 Å². The van der Waals surface area contributed by atoms with Gasteiger partial charge in [0.15, 0.2) is 0 Å². The van der Waals surface area contributed by atoms with Crippen LogP contribution in [0.4, 0.5) is 0 Å². The molecule has 2 rings (SSSR count). The van der Waals surface area contributed by atoms with E-state index in [1.807, 2.05) is 0 Å². The number of aliphatic hydroxyl groups excluding tert-OH is 1. The Hall–Kier alpha value is -2.32. The van der Waals surface area contributed by atoms with Crippen LogP contribution in [0, 0.1) is 17.8 Å². The first kappa shape index (κ1) is 15.1. The van der Waals surface area contributed by atoms with Crippen LogP contribution in [0.2, 0.25) is 0 Å². The van der Waals surface area contributed by atoms with E-state index in [0.717, 1.165) is 5.56 Å². The lowest BCUT2D eigenvalue weighted by atomic mass is 10.1. The number of aliphatic hydroxyl groups is 1. The number of rotatable bonds is 4. The van der Waals surface area contributed by atoms with Gasteiger partial charge < -0.3 is 9.84 Å². The number of carbonyl (C=O) groups is 2. The number of hydrogen-bond acceptors (Lipinski definition) is 4. The molecule has 1 unspecified atom stereocenters. The Balaban J connectivity index is 1.84. The molecule has 1 aliphatic heterocycles. The maximum absolute atomic E-state index is 11.7. The van der Waals surface area contributed by atoms with Gasteiger partial charge in [0.25, 0.3) is 0 Å². The second kappa shape index (κ2) is 6.91. The molecule has 110 valence electrons. The van der Waals surface area contributed by atoms with E-state index < -0.39 is 0 Å². The number of ether oxygens (including phenoxy) is 1. The molecule has 1 aromatic rings. The molecule has 5 nitrogen and oxygen atoms in total. The Morgan fingerprint density at radius 3 is 2.62 bits per heavy atom. The maximum Gasteiger partial charge on any atom is 0.232 e. The van der Waals surface area contributed by atoms with Crippen LogP contribution in [0.5, 0.6) is 5.75 Å². The molecule has 1 saturated heterocycles. The quantitative estimate of drug-likeness (QED) is 0.657. The molecule has 0 aromatic heterocycles. The minimum Gasteiger partial charge on any atom is -0.492 e. The van der Waals surface area contributed by atoms with Crippen molar-refractivity contribution in [2.24, 2.45) is 5.92 Å². The Morgan fingerprint density at radius 2 is 2.05 bits per heavy atom. The molecule has 1 heterocycles. The minimum atomic E-state index is -0.220. The molecule has 2 amide bonds. The smallest absolute Gasteiger partial charge is 0.232 e. The molecule has 0 radical (unpaired) electrons. The predicted molar refractivity (Wildman–Crippen MR) is 76.4 cm³/mol. The highest BCUT2D eigenvalue weighted by atomic mass is 16.5. The summed E-state index contributed by atoms with van der Waals surface area (Å²) in [6, 6.07) is 7.09. The van der Waals surface area contributed by atoms with E-state index in [4.69, 9.17) is 9.84 Å². The maximum atomic E-state index is 11.7. The van der Waals surface area contributed by atoms with E-state index >= 15 is 0 Å². The van der Waals surface area contributed by atoms with Crippen molar-refractivity contribution in [1.82, 2.24) is 4.90 Å². The lowest BCUT2D eigenvalue weighted by Crippen LogP contribution is -2.34. The zero-order valence-corrected chi connectivity index (χ0v) is 11.8. The first-order valence-corrected chi connectivity index (χ1v) is 6.78. The molecule has 0 bridgehead atoms. The second-order valence-corrected chi connectivity index (χ2v) is 4.82. The number of imide groups is 1. The van der Waals surface area contributed by atoms with Gasteiger partial charge in [0.1, 0.15) is 19.0 Å². The van der Waals surface area contributed by atoms with Crippen LogP contribution in [0.1, 0.15) is 18.9 Å². The molecule has 0 aliphatic carbocycles. The van der Waals surface area contributed by atoms with Crippen LogP contribution in [-0.2, 0) is 9.59 Å². The molecule has 1 aliphatic rings. The highest BCUT2D eigenvalue weighted by molar-refractivity contribution is 6.03. The highest BCUT2D eigenvalue weighted by Crippen LogP contribution is 2.18. The molecular weight excluding hydrogens is 270 g/mol. The molecule has 1 fully saturated rings. The molecule has 5 heteroatoms. The summed E-state index contributed by atoms with van der Waals surface area (Å²) < 4.78 is 5.52. The summed E-state index contributed by atoms with van der Waals surface area (Å²) in [6.45, 7) is 2.13. The van der Waals surface area contributed by atoms with Crippen LogP contribution in [0.3, 0.4) is 0 Å². The first-order valence-electron chi connectivity index (χ1n) is 6.78. The summed E-state index contributed by atoms with van der Waals surface area (Å²) >= 11 is 0. The number of nitrogens with zero attached hydrogens (tertiary/aromatic N) is 1. The van der Waals surface area contributed by atoms with Gasteiger partial charge >= 0.3 is 0 Å². The third-order valence-corrected chi connectivity index (χ3v) is 3.22. The van der Waals surface area contributed by atoms with Crippen molar-refractivity contribution in [3.05, 3.63) is 29.8 Å². The number of likely N-dealkylation sites (tertiary alicyclic amines) is 1. The van der Waals surface area contributed by atoms with Gasteiger partial charge in [0.2, 0.25) is 11.8 Å². The van der Waals surface area contributed by atoms with Gasteiger partial charge in [-0.1, -0.05) is 18.8 Å². The fourth-order valence-corrected chi connectivity index (χ4v) is 2.11. The standard InChI is InChI=1S/C16H17NO4/c1-12-11-15(19)17(16(12)20)8-10-21-14-6-4-13(5-7-14)3-2-9-18/h4-7,12,18H,8-11H2,1H3. The molecule has 1 atom stereocenters. The number of carbonyl (C=O) groups excluding carboxylic acids is 2. The summed E-state index contributed by atoms with van der Waals surface area (Å²) in [5, 5.41) is 8.61. The molecule has 1 aromatic carbocycles. The van der Waals surface area contributed by atoms with E-state index in [2.05, 4.69) is 11.8 Å². The highest BCUT2D eigenvalue weighted by Gasteiger charge is 2.35. The first-order chi connectivity index (χ1) is 10.1. The monoisotopic (exact) mass is 287 g/mol. The summed E-state index contributed by atoms with van der Waals surface area (Å²) in [6.07, 6.45) is 0.289. The Labute approximate surface area is 123 Å². The van der Waals surface area contributed by atoms with Crippen LogP contribution >= 0.6 is 0 Å². The molecule has 0 saturated carbocycles. The van der Waals surface area contributed by atoms with E-state index in [1.54, 1.807) is 31.2 Å². The largest absolute Gasteiger partial charge is 0.492 e. The molecule has 21 heavy (non-hydrogen) atoms. The molecule has 0 spiro atoms.